The minimum atomic E-state index is -4.03. The van der Waals surface area contributed by atoms with Crippen LogP contribution in [0.25, 0.3) is 0 Å². The summed E-state index contributed by atoms with van der Waals surface area (Å²) in [6.45, 7) is 4.31. The molecule has 1 N–H and O–H groups in total. The van der Waals surface area contributed by atoms with Gasteiger partial charge in [-0.2, -0.15) is 0 Å². The van der Waals surface area contributed by atoms with Gasteiger partial charge in [0.15, 0.2) is 0 Å². The first-order valence-electron chi connectivity index (χ1n) is 9.13. The van der Waals surface area contributed by atoms with E-state index in [0.29, 0.717) is 19.6 Å². The van der Waals surface area contributed by atoms with E-state index in [1.165, 1.54) is 18.2 Å². The Morgan fingerprint density at radius 2 is 1.79 bits per heavy atom. The van der Waals surface area contributed by atoms with Crippen LogP contribution in [0, 0.1) is 0 Å². The summed E-state index contributed by atoms with van der Waals surface area (Å²) in [4.78, 5) is 12.5. The highest BCUT2D eigenvalue weighted by molar-refractivity contribution is 7.92. The van der Waals surface area contributed by atoms with Gasteiger partial charge in [0.25, 0.3) is 10.0 Å². The van der Waals surface area contributed by atoms with Gasteiger partial charge in [-0.3, -0.25) is 9.10 Å². The Balaban J connectivity index is 2.22. The summed E-state index contributed by atoms with van der Waals surface area (Å²) in [6, 6.07) is 12.5. The lowest BCUT2D eigenvalue weighted by Crippen LogP contribution is -2.41. The Bertz CT molecular complexity index is 921. The highest BCUT2D eigenvalue weighted by Gasteiger charge is 2.29. The van der Waals surface area contributed by atoms with Crippen molar-refractivity contribution in [1.29, 1.82) is 0 Å². The molecule has 2 rings (SSSR count). The minimum absolute atomic E-state index is 0.0502. The van der Waals surface area contributed by atoms with E-state index in [1.807, 2.05) is 13.8 Å². The Labute approximate surface area is 181 Å². The number of nitrogens with zero attached hydrogens (tertiary/aromatic N) is 1. The smallest absolute Gasteiger partial charge is 0.264 e. The maximum Gasteiger partial charge on any atom is 0.264 e. The van der Waals surface area contributed by atoms with Crippen molar-refractivity contribution in [2.45, 2.75) is 31.3 Å². The van der Waals surface area contributed by atoms with Gasteiger partial charge in [0, 0.05) is 13.2 Å². The maximum atomic E-state index is 13.2. The SMILES string of the molecule is CC(C)OCCCNC(=O)CN(c1cccc(Cl)c1Cl)S(=O)(=O)c1ccccc1. The van der Waals surface area contributed by atoms with Crippen molar-refractivity contribution < 1.29 is 17.9 Å². The number of ether oxygens (including phenoxy) is 1. The number of nitrogens with one attached hydrogen (secondary N) is 1. The van der Waals surface area contributed by atoms with Crippen LogP contribution < -0.4 is 9.62 Å². The molecule has 0 aliphatic rings. The number of sulfonamides is 1. The zero-order valence-corrected chi connectivity index (χ0v) is 18.6. The number of halogens is 2. The molecule has 0 bridgehead atoms. The predicted molar refractivity (Wildman–Crippen MR) is 116 cm³/mol. The van der Waals surface area contributed by atoms with Crippen molar-refractivity contribution in [1.82, 2.24) is 5.32 Å². The van der Waals surface area contributed by atoms with Crippen molar-refractivity contribution in [3.05, 3.63) is 58.6 Å². The van der Waals surface area contributed by atoms with Gasteiger partial charge >= 0.3 is 0 Å². The molecular formula is C20H24Cl2N2O4S. The van der Waals surface area contributed by atoms with Crippen LogP contribution >= 0.6 is 23.2 Å². The fourth-order valence-electron chi connectivity index (χ4n) is 2.51. The zero-order valence-electron chi connectivity index (χ0n) is 16.3. The lowest BCUT2D eigenvalue weighted by molar-refractivity contribution is -0.119. The normalized spacial score (nSPS) is 11.5. The second kappa shape index (κ2) is 10.8. The average Bonchev–Trinajstić information content (AvgIpc) is 2.68. The fourth-order valence-corrected chi connectivity index (χ4v) is 4.41. The number of benzene rings is 2. The molecule has 0 aliphatic carbocycles. The van der Waals surface area contributed by atoms with Gasteiger partial charge in [-0.05, 0) is 44.5 Å². The Morgan fingerprint density at radius 1 is 1.10 bits per heavy atom. The molecule has 0 saturated heterocycles. The molecule has 0 atom stereocenters. The average molecular weight is 459 g/mol. The van der Waals surface area contributed by atoms with E-state index in [-0.39, 0.29) is 26.7 Å². The zero-order chi connectivity index (χ0) is 21.4. The first-order chi connectivity index (χ1) is 13.7. The molecule has 158 valence electrons. The number of hydrogen-bond donors (Lipinski definition) is 1. The number of anilines is 1. The summed E-state index contributed by atoms with van der Waals surface area (Å²) in [5.74, 6) is -0.454. The molecule has 0 fully saturated rings. The quantitative estimate of drug-likeness (QED) is 0.543. The summed E-state index contributed by atoms with van der Waals surface area (Å²) in [5.41, 5.74) is 0.140. The highest BCUT2D eigenvalue weighted by atomic mass is 35.5. The van der Waals surface area contributed by atoms with Crippen LogP contribution in [0.5, 0.6) is 0 Å². The van der Waals surface area contributed by atoms with E-state index < -0.39 is 22.5 Å². The number of rotatable bonds is 10. The first-order valence-corrected chi connectivity index (χ1v) is 11.3. The Kier molecular flexibility index (Phi) is 8.77. The molecule has 0 heterocycles. The third kappa shape index (κ3) is 6.60. The third-order valence-corrected chi connectivity index (χ3v) is 6.50. The minimum Gasteiger partial charge on any atom is -0.379 e. The van der Waals surface area contributed by atoms with Gasteiger partial charge in [-0.25, -0.2) is 8.42 Å². The van der Waals surface area contributed by atoms with Crippen LogP contribution in [0.2, 0.25) is 10.0 Å². The molecule has 0 spiro atoms. The van der Waals surface area contributed by atoms with Crippen LogP contribution in [0.1, 0.15) is 20.3 Å². The van der Waals surface area contributed by atoms with Crippen molar-refractivity contribution >= 4 is 44.8 Å². The first kappa shape index (κ1) is 23.5. The second-order valence-electron chi connectivity index (χ2n) is 6.52. The molecule has 0 aliphatic heterocycles. The molecule has 1 amide bonds. The predicted octanol–water partition coefficient (Wildman–Crippen LogP) is 4.12. The van der Waals surface area contributed by atoms with Gasteiger partial charge in [0.05, 0.1) is 26.7 Å². The van der Waals surface area contributed by atoms with Crippen LogP contribution in [0.4, 0.5) is 5.69 Å². The lowest BCUT2D eigenvalue weighted by atomic mass is 10.3. The van der Waals surface area contributed by atoms with E-state index in [0.717, 1.165) is 4.31 Å². The number of carbonyl (C=O) groups is 1. The second-order valence-corrected chi connectivity index (χ2v) is 9.17. The van der Waals surface area contributed by atoms with Gasteiger partial charge in [-0.15, -0.1) is 0 Å². The van der Waals surface area contributed by atoms with Crippen LogP contribution in [-0.2, 0) is 19.6 Å². The topological polar surface area (TPSA) is 75.7 Å². The number of amides is 1. The largest absolute Gasteiger partial charge is 0.379 e. The maximum absolute atomic E-state index is 13.2. The van der Waals surface area contributed by atoms with E-state index in [4.69, 9.17) is 27.9 Å². The summed E-state index contributed by atoms with van der Waals surface area (Å²) >= 11 is 12.3. The molecule has 0 aromatic heterocycles. The number of hydrogen-bond acceptors (Lipinski definition) is 4. The highest BCUT2D eigenvalue weighted by Crippen LogP contribution is 2.35. The summed E-state index contributed by atoms with van der Waals surface area (Å²) < 4.78 is 32.8. The fraction of sp³-hybridized carbons (Fsp3) is 0.350. The molecule has 29 heavy (non-hydrogen) atoms. The third-order valence-electron chi connectivity index (χ3n) is 3.91. The number of carbonyl (C=O) groups excluding carboxylic acids is 1. The molecular weight excluding hydrogens is 435 g/mol. The van der Waals surface area contributed by atoms with Gasteiger partial charge in [-0.1, -0.05) is 47.5 Å². The monoisotopic (exact) mass is 458 g/mol. The molecule has 0 radical (unpaired) electrons. The Morgan fingerprint density at radius 3 is 2.45 bits per heavy atom. The van der Waals surface area contributed by atoms with E-state index >= 15 is 0 Å². The molecule has 2 aromatic rings. The van der Waals surface area contributed by atoms with Crippen molar-refractivity contribution in [3.8, 4) is 0 Å². The van der Waals surface area contributed by atoms with Crippen LogP contribution in [0.15, 0.2) is 53.4 Å². The van der Waals surface area contributed by atoms with Crippen molar-refractivity contribution in [2.75, 3.05) is 24.0 Å². The summed E-state index contributed by atoms with van der Waals surface area (Å²) in [7, 11) is -4.03. The molecule has 9 heteroatoms. The van der Waals surface area contributed by atoms with Gasteiger partial charge < -0.3 is 10.1 Å². The van der Waals surface area contributed by atoms with Crippen molar-refractivity contribution in [3.63, 3.8) is 0 Å². The molecule has 6 nitrogen and oxygen atoms in total. The lowest BCUT2D eigenvalue weighted by Gasteiger charge is -2.25. The van der Waals surface area contributed by atoms with Crippen molar-refractivity contribution in [2.24, 2.45) is 0 Å². The van der Waals surface area contributed by atoms with Crippen LogP contribution in [-0.4, -0.2) is 40.1 Å². The summed E-state index contributed by atoms with van der Waals surface area (Å²) in [6.07, 6.45) is 0.731. The van der Waals surface area contributed by atoms with Gasteiger partial charge in [0.2, 0.25) is 5.91 Å². The molecule has 0 unspecified atom stereocenters. The molecule has 0 saturated carbocycles. The molecule has 2 aromatic carbocycles. The van der Waals surface area contributed by atoms with E-state index in [2.05, 4.69) is 5.32 Å². The Hall–Kier alpha value is -1.80. The van der Waals surface area contributed by atoms with Crippen LogP contribution in [0.3, 0.4) is 0 Å². The van der Waals surface area contributed by atoms with E-state index in [9.17, 15) is 13.2 Å². The van der Waals surface area contributed by atoms with Gasteiger partial charge in [0.1, 0.15) is 6.54 Å². The standard InChI is InChI=1S/C20H24Cl2N2O4S/c1-15(2)28-13-7-12-23-19(25)14-24(18-11-6-10-17(21)20(18)22)29(26,27)16-8-4-3-5-9-16/h3-6,8-11,15H,7,12-14H2,1-2H3,(H,23,25). The summed E-state index contributed by atoms with van der Waals surface area (Å²) in [5, 5.41) is 2.97. The van der Waals surface area contributed by atoms with E-state index in [1.54, 1.807) is 30.3 Å².